The van der Waals surface area contributed by atoms with Crippen molar-refractivity contribution in [2.75, 3.05) is 20.3 Å². The fourth-order valence-corrected chi connectivity index (χ4v) is 6.00. The molecule has 0 spiro atoms. The van der Waals surface area contributed by atoms with Gasteiger partial charge in [-0.2, -0.15) is 0 Å². The lowest BCUT2D eigenvalue weighted by molar-refractivity contribution is -0.152. The van der Waals surface area contributed by atoms with Crippen LogP contribution >= 0.6 is 0 Å². The van der Waals surface area contributed by atoms with Crippen LogP contribution in [0.5, 0.6) is 17.2 Å². The molecule has 1 N–H and O–H groups in total. The van der Waals surface area contributed by atoms with Gasteiger partial charge in [0, 0.05) is 28.8 Å². The third-order valence-electron chi connectivity index (χ3n) is 7.76. The lowest BCUT2D eigenvalue weighted by Crippen LogP contribution is -2.43. The van der Waals surface area contributed by atoms with Gasteiger partial charge in [-0.25, -0.2) is 4.79 Å². The second-order valence-corrected chi connectivity index (χ2v) is 10.3. The molecule has 8 nitrogen and oxygen atoms in total. The van der Waals surface area contributed by atoms with Gasteiger partial charge >= 0.3 is 11.9 Å². The van der Waals surface area contributed by atoms with E-state index >= 15 is 0 Å². The number of esters is 2. The van der Waals surface area contributed by atoms with Gasteiger partial charge in [-0.3, -0.25) is 9.59 Å². The van der Waals surface area contributed by atoms with E-state index in [0.717, 1.165) is 5.56 Å². The van der Waals surface area contributed by atoms with Crippen LogP contribution in [0.15, 0.2) is 101 Å². The zero-order valence-corrected chi connectivity index (χ0v) is 24.7. The molecule has 3 aromatic carbocycles. The minimum atomic E-state index is -1.13. The molecule has 222 valence electrons. The molecule has 43 heavy (non-hydrogen) atoms. The number of carbonyl (C=O) groups is 3. The minimum absolute atomic E-state index is 0.126. The third-order valence-corrected chi connectivity index (χ3v) is 7.76. The Labute approximate surface area is 251 Å². The molecule has 0 aromatic heterocycles. The molecule has 5 rings (SSSR count). The molecular weight excluding hydrogens is 546 g/mol. The molecule has 0 saturated carbocycles. The number of benzene rings is 3. The topological polar surface area (TPSA) is 100 Å². The van der Waals surface area contributed by atoms with Crippen molar-refractivity contribution < 1.29 is 33.3 Å². The van der Waals surface area contributed by atoms with Crippen LogP contribution in [0.1, 0.15) is 50.2 Å². The Kier molecular flexibility index (Phi) is 8.95. The lowest BCUT2D eigenvalue weighted by atomic mass is 9.67. The van der Waals surface area contributed by atoms with Crippen molar-refractivity contribution in [3.63, 3.8) is 0 Å². The van der Waals surface area contributed by atoms with E-state index in [9.17, 15) is 14.4 Å². The van der Waals surface area contributed by atoms with Gasteiger partial charge in [0.2, 0.25) is 0 Å². The molecule has 3 aromatic rings. The highest BCUT2D eigenvalue weighted by Gasteiger charge is 2.49. The Morgan fingerprint density at radius 3 is 2.30 bits per heavy atom. The summed E-state index contributed by atoms with van der Waals surface area (Å²) >= 11 is 0. The maximum Gasteiger partial charge on any atom is 0.336 e. The van der Waals surface area contributed by atoms with Crippen molar-refractivity contribution in [2.24, 2.45) is 5.92 Å². The molecule has 0 unspecified atom stereocenters. The van der Waals surface area contributed by atoms with Gasteiger partial charge in [0.05, 0.1) is 25.9 Å². The van der Waals surface area contributed by atoms with E-state index in [4.69, 9.17) is 18.9 Å². The van der Waals surface area contributed by atoms with Gasteiger partial charge in [-0.15, -0.1) is 0 Å². The first-order chi connectivity index (χ1) is 20.9. The maximum atomic E-state index is 14.6. The van der Waals surface area contributed by atoms with Gasteiger partial charge < -0.3 is 24.3 Å². The van der Waals surface area contributed by atoms with E-state index < -0.39 is 35.5 Å². The molecule has 1 heterocycles. The Bertz CT molecular complexity index is 1590. The standard InChI is InChI=1S/C35H35NO7/c1-5-41-34(38)29-21(3)36-27-20-26(25-17-10-11-18-28(25)40-4)31(35(39)42-6-2)33(37)32(27)30(29)22-13-12-16-24(19-22)43-23-14-8-7-9-15-23/h7-19,26,30-31,36H,5-6,20H2,1-4H3/t26-,30-,31+/m1/s1. The summed E-state index contributed by atoms with van der Waals surface area (Å²) in [5.41, 5.74) is 3.27. The molecule has 8 heteroatoms. The molecule has 1 aliphatic carbocycles. The van der Waals surface area contributed by atoms with Crippen LogP contribution in [-0.2, 0) is 23.9 Å². The first-order valence-corrected chi connectivity index (χ1v) is 14.4. The number of hydrogen-bond donors (Lipinski definition) is 1. The van der Waals surface area contributed by atoms with E-state index in [1.54, 1.807) is 27.9 Å². The number of ether oxygens (including phenoxy) is 4. The van der Waals surface area contributed by atoms with E-state index in [-0.39, 0.29) is 13.2 Å². The summed E-state index contributed by atoms with van der Waals surface area (Å²) in [7, 11) is 1.56. The highest BCUT2D eigenvalue weighted by Crippen LogP contribution is 2.49. The largest absolute Gasteiger partial charge is 0.496 e. The van der Waals surface area contributed by atoms with Crippen LogP contribution in [0.3, 0.4) is 0 Å². The van der Waals surface area contributed by atoms with Gasteiger partial charge in [0.1, 0.15) is 23.2 Å². The molecular formula is C35H35NO7. The van der Waals surface area contributed by atoms with Gasteiger partial charge in [0.25, 0.3) is 0 Å². The Morgan fingerprint density at radius 2 is 1.58 bits per heavy atom. The highest BCUT2D eigenvalue weighted by molar-refractivity contribution is 6.13. The average Bonchev–Trinajstić information content (AvgIpc) is 3.01. The molecule has 0 fully saturated rings. The number of carbonyl (C=O) groups excluding carboxylic acids is 3. The molecule has 2 aliphatic rings. The number of rotatable bonds is 9. The fraction of sp³-hybridized carbons (Fsp3) is 0.286. The predicted octanol–water partition coefficient (Wildman–Crippen LogP) is 6.20. The van der Waals surface area contributed by atoms with Crippen LogP contribution in [0.4, 0.5) is 0 Å². The molecule has 0 radical (unpaired) electrons. The summed E-state index contributed by atoms with van der Waals surface area (Å²) in [6.07, 6.45) is 0.328. The van der Waals surface area contributed by atoms with Crippen molar-refractivity contribution >= 4 is 17.7 Å². The summed E-state index contributed by atoms with van der Waals surface area (Å²) in [5.74, 6) is -2.25. The van der Waals surface area contributed by atoms with Crippen LogP contribution in [-0.4, -0.2) is 38.0 Å². The molecule has 1 aliphatic heterocycles. The lowest BCUT2D eigenvalue weighted by Gasteiger charge is -2.39. The van der Waals surface area contributed by atoms with Gasteiger partial charge in [-0.05, 0) is 68.7 Å². The Hall–Kier alpha value is -4.85. The third kappa shape index (κ3) is 5.91. The summed E-state index contributed by atoms with van der Waals surface area (Å²) in [4.78, 5) is 41.5. The molecule has 0 bridgehead atoms. The zero-order valence-electron chi connectivity index (χ0n) is 24.7. The summed E-state index contributed by atoms with van der Waals surface area (Å²) in [6.45, 7) is 5.54. The quantitative estimate of drug-likeness (QED) is 0.236. The first-order valence-electron chi connectivity index (χ1n) is 14.4. The summed E-state index contributed by atoms with van der Waals surface area (Å²) in [6, 6.07) is 24.0. The smallest absolute Gasteiger partial charge is 0.336 e. The van der Waals surface area contributed by atoms with Crippen LogP contribution in [0, 0.1) is 5.92 Å². The number of nitrogens with one attached hydrogen (secondary N) is 1. The molecule has 3 atom stereocenters. The number of allylic oxidation sites excluding steroid dienone is 3. The number of Topliss-reactive ketones (excluding diaryl/α,β-unsaturated/α-hetero) is 1. The number of dihydropyridines is 1. The van der Waals surface area contributed by atoms with E-state index in [2.05, 4.69) is 5.32 Å². The zero-order chi connectivity index (χ0) is 30.5. The average molecular weight is 582 g/mol. The summed E-state index contributed by atoms with van der Waals surface area (Å²) in [5, 5.41) is 3.33. The normalized spacial score (nSPS) is 19.7. The predicted molar refractivity (Wildman–Crippen MR) is 161 cm³/mol. The maximum absolute atomic E-state index is 14.6. The van der Waals surface area contributed by atoms with Crippen molar-refractivity contribution in [1.82, 2.24) is 5.32 Å². The van der Waals surface area contributed by atoms with Crippen molar-refractivity contribution in [3.05, 3.63) is 113 Å². The number of hydrogen-bond acceptors (Lipinski definition) is 8. The second kappa shape index (κ2) is 13.0. The van der Waals surface area contributed by atoms with Gasteiger partial charge in [0.15, 0.2) is 5.78 Å². The highest BCUT2D eigenvalue weighted by atomic mass is 16.5. The minimum Gasteiger partial charge on any atom is -0.496 e. The second-order valence-electron chi connectivity index (χ2n) is 10.3. The fourth-order valence-electron chi connectivity index (χ4n) is 6.00. The van der Waals surface area contributed by atoms with Crippen LogP contribution < -0.4 is 14.8 Å². The monoisotopic (exact) mass is 581 g/mol. The van der Waals surface area contributed by atoms with Crippen LogP contribution in [0.25, 0.3) is 0 Å². The van der Waals surface area contributed by atoms with Crippen molar-refractivity contribution in [1.29, 1.82) is 0 Å². The van der Waals surface area contributed by atoms with Gasteiger partial charge in [-0.1, -0.05) is 48.5 Å². The van der Waals surface area contributed by atoms with Crippen molar-refractivity contribution in [2.45, 2.75) is 39.0 Å². The SMILES string of the molecule is CCOC(=O)C1=C(C)NC2=C(C(=O)[C@@H](C(=O)OCC)[C@@H](c3ccccc3OC)C2)[C@@H]1c1cccc(Oc2ccccc2)c1. The van der Waals surface area contributed by atoms with E-state index in [0.29, 0.717) is 51.8 Å². The Morgan fingerprint density at radius 1 is 0.884 bits per heavy atom. The summed E-state index contributed by atoms with van der Waals surface area (Å²) < 4.78 is 22.6. The van der Waals surface area contributed by atoms with Crippen LogP contribution in [0.2, 0.25) is 0 Å². The van der Waals surface area contributed by atoms with E-state index in [1.165, 1.54) is 0 Å². The first kappa shape index (κ1) is 29.6. The van der Waals surface area contributed by atoms with Crippen molar-refractivity contribution in [3.8, 4) is 17.2 Å². The molecule has 0 amide bonds. The molecule has 0 saturated heterocycles. The number of methoxy groups -OCH3 is 1. The number of ketones is 1. The number of para-hydroxylation sites is 2. The van der Waals surface area contributed by atoms with E-state index in [1.807, 2.05) is 78.9 Å². The Balaban J connectivity index is 1.66.